The summed E-state index contributed by atoms with van der Waals surface area (Å²) in [6, 6.07) is 22.5. The third kappa shape index (κ3) is 9.86. The number of hydrogen-bond donors (Lipinski definition) is 3. The van der Waals surface area contributed by atoms with Crippen LogP contribution in [0, 0.1) is 6.92 Å². The Bertz CT molecular complexity index is 1420. The first-order valence-corrected chi connectivity index (χ1v) is 14.8. The van der Waals surface area contributed by atoms with E-state index in [1.54, 1.807) is 7.05 Å². The number of likely N-dealkylation sites (N-methyl/N-ethyl adjacent to an activating group) is 1. The monoisotopic (exact) mass is 600 g/mol. The van der Waals surface area contributed by atoms with Crippen molar-refractivity contribution < 1.29 is 28.7 Å². The number of ether oxygens (including phenoxy) is 2. The van der Waals surface area contributed by atoms with Crippen LogP contribution in [0.2, 0.25) is 0 Å². The van der Waals surface area contributed by atoms with Crippen LogP contribution >= 0.6 is 0 Å². The van der Waals surface area contributed by atoms with Gasteiger partial charge in [0.25, 0.3) is 0 Å². The van der Waals surface area contributed by atoms with Crippen LogP contribution in [-0.2, 0) is 38.7 Å². The highest BCUT2D eigenvalue weighted by Crippen LogP contribution is 2.18. The maximum Gasteiger partial charge on any atom is 0.408 e. The lowest BCUT2D eigenvalue weighted by Crippen LogP contribution is -2.54. The number of amides is 4. The number of alkyl carbamates (subject to hydrolysis) is 1. The molecule has 0 unspecified atom stereocenters. The summed E-state index contributed by atoms with van der Waals surface area (Å²) >= 11 is 0. The minimum Gasteiger partial charge on any atom is -0.492 e. The van der Waals surface area contributed by atoms with Gasteiger partial charge in [0.2, 0.25) is 17.7 Å². The molecule has 2 atom stereocenters. The van der Waals surface area contributed by atoms with Gasteiger partial charge < -0.3 is 30.3 Å². The van der Waals surface area contributed by atoms with Crippen molar-refractivity contribution in [3.05, 3.63) is 101 Å². The Morgan fingerprint density at radius 3 is 2.41 bits per heavy atom. The Balaban J connectivity index is 1.53. The topological polar surface area (TPSA) is 126 Å². The van der Waals surface area contributed by atoms with Gasteiger partial charge in [-0.25, -0.2) is 4.79 Å². The summed E-state index contributed by atoms with van der Waals surface area (Å²) in [7, 11) is 1.67. The zero-order valence-corrected chi connectivity index (χ0v) is 25.2. The van der Waals surface area contributed by atoms with Crippen molar-refractivity contribution >= 4 is 23.8 Å². The fraction of sp³-hybridized carbons (Fsp3) is 0.353. The molecule has 0 saturated heterocycles. The van der Waals surface area contributed by atoms with Gasteiger partial charge >= 0.3 is 6.09 Å². The second-order valence-corrected chi connectivity index (χ2v) is 10.9. The standard InChI is InChI=1S/C34H40N4O6/c1-24-13-15-28-21-27(24)22-35-32(40)29(16-14-25-9-5-3-6-10-25)36-33(41)30(17-18-31(39)38(2)19-20-43-28)37-34(42)44-23-26-11-7-4-8-12-26/h3-13,15,21,29-30H,14,16-20,22-23H2,1-2H3,(H,35,40)(H,36,41)(H,37,42)/t29-,30-/m0/s1. The van der Waals surface area contributed by atoms with Crippen LogP contribution in [0.3, 0.4) is 0 Å². The third-order valence-electron chi connectivity index (χ3n) is 7.56. The average molecular weight is 601 g/mol. The fourth-order valence-electron chi connectivity index (χ4n) is 4.79. The maximum absolute atomic E-state index is 13.6. The molecule has 10 nitrogen and oxygen atoms in total. The van der Waals surface area contributed by atoms with Crippen LogP contribution in [-0.4, -0.2) is 61.0 Å². The highest BCUT2D eigenvalue weighted by Gasteiger charge is 2.28. The quantitative estimate of drug-likeness (QED) is 0.397. The van der Waals surface area contributed by atoms with Crippen LogP contribution < -0.4 is 20.7 Å². The molecule has 1 heterocycles. The summed E-state index contributed by atoms with van der Waals surface area (Å²) in [4.78, 5) is 54.3. The molecule has 0 radical (unpaired) electrons. The van der Waals surface area contributed by atoms with Crippen molar-refractivity contribution in [1.82, 2.24) is 20.9 Å². The zero-order chi connectivity index (χ0) is 31.3. The van der Waals surface area contributed by atoms with E-state index in [2.05, 4.69) is 16.0 Å². The van der Waals surface area contributed by atoms with Crippen LogP contribution in [0.4, 0.5) is 4.79 Å². The number of rotatable bonds is 6. The SMILES string of the molecule is Cc1ccc2cc1CNC(=O)[C@H](CCc1ccccc1)NC(=O)[C@@H](NC(=O)OCc1ccccc1)CCC(=O)N(C)CCO2. The van der Waals surface area contributed by atoms with Gasteiger partial charge in [-0.3, -0.25) is 14.4 Å². The average Bonchev–Trinajstić information content (AvgIpc) is 3.04. The lowest BCUT2D eigenvalue weighted by Gasteiger charge is -2.24. The van der Waals surface area contributed by atoms with Crippen molar-refractivity contribution in [2.24, 2.45) is 0 Å². The van der Waals surface area contributed by atoms with Gasteiger partial charge in [0.15, 0.2) is 0 Å². The molecule has 4 amide bonds. The zero-order valence-electron chi connectivity index (χ0n) is 25.2. The molecule has 232 valence electrons. The molecule has 0 saturated carbocycles. The third-order valence-corrected chi connectivity index (χ3v) is 7.56. The first-order chi connectivity index (χ1) is 21.3. The van der Waals surface area contributed by atoms with Gasteiger partial charge in [-0.05, 0) is 60.6 Å². The summed E-state index contributed by atoms with van der Waals surface area (Å²) in [5.41, 5.74) is 3.66. The Hall–Kier alpha value is -4.86. The largest absolute Gasteiger partial charge is 0.492 e. The molecule has 44 heavy (non-hydrogen) atoms. The summed E-state index contributed by atoms with van der Waals surface area (Å²) in [5, 5.41) is 8.40. The van der Waals surface area contributed by atoms with Crippen LogP contribution in [0.25, 0.3) is 0 Å². The Morgan fingerprint density at radius 1 is 0.977 bits per heavy atom. The first-order valence-electron chi connectivity index (χ1n) is 14.8. The number of nitrogens with zero attached hydrogens (tertiary/aromatic N) is 1. The second-order valence-electron chi connectivity index (χ2n) is 10.9. The predicted octanol–water partition coefficient (Wildman–Crippen LogP) is 3.65. The van der Waals surface area contributed by atoms with Gasteiger partial charge in [-0.15, -0.1) is 0 Å². The molecule has 0 aromatic heterocycles. The van der Waals surface area contributed by atoms with Gasteiger partial charge in [0, 0.05) is 20.0 Å². The molecular weight excluding hydrogens is 560 g/mol. The fourth-order valence-corrected chi connectivity index (χ4v) is 4.79. The van der Waals surface area contributed by atoms with Gasteiger partial charge in [-0.2, -0.15) is 0 Å². The van der Waals surface area contributed by atoms with E-state index in [0.717, 1.165) is 22.3 Å². The maximum atomic E-state index is 13.6. The molecule has 0 spiro atoms. The molecule has 3 aromatic rings. The van der Waals surface area contributed by atoms with Crippen molar-refractivity contribution in [2.45, 2.75) is 57.8 Å². The lowest BCUT2D eigenvalue weighted by molar-refractivity contribution is -0.132. The van der Waals surface area contributed by atoms with Crippen LogP contribution in [0.1, 0.15) is 41.5 Å². The Morgan fingerprint density at radius 2 is 1.68 bits per heavy atom. The number of nitrogens with one attached hydrogen (secondary N) is 3. The number of aryl methyl sites for hydroxylation is 2. The van der Waals surface area contributed by atoms with E-state index in [1.165, 1.54) is 4.90 Å². The summed E-state index contributed by atoms with van der Waals surface area (Å²) in [5.74, 6) is -0.503. The molecule has 0 fully saturated rings. The molecule has 4 rings (SSSR count). The number of fused-ring (bicyclic) bond motifs is 2. The minimum atomic E-state index is -1.10. The Kier molecular flexibility index (Phi) is 11.7. The number of carbonyl (C=O) groups is 4. The van der Waals surface area contributed by atoms with Crippen LogP contribution in [0.5, 0.6) is 5.75 Å². The van der Waals surface area contributed by atoms with Gasteiger partial charge in [0.05, 0.1) is 6.54 Å². The van der Waals surface area contributed by atoms with E-state index in [-0.39, 0.29) is 44.4 Å². The molecule has 0 aliphatic carbocycles. The summed E-state index contributed by atoms with van der Waals surface area (Å²) in [6.45, 7) is 2.81. The van der Waals surface area contributed by atoms with Crippen LogP contribution in [0.15, 0.2) is 78.9 Å². The van der Waals surface area contributed by atoms with E-state index in [0.29, 0.717) is 25.1 Å². The highest BCUT2D eigenvalue weighted by atomic mass is 16.5. The molecule has 10 heteroatoms. The van der Waals surface area contributed by atoms with Crippen molar-refractivity contribution in [3.8, 4) is 5.75 Å². The van der Waals surface area contributed by atoms with E-state index in [9.17, 15) is 19.2 Å². The number of hydrogen-bond acceptors (Lipinski definition) is 6. The lowest BCUT2D eigenvalue weighted by atomic mass is 10.0. The normalized spacial score (nSPS) is 18.3. The predicted molar refractivity (Wildman–Crippen MR) is 166 cm³/mol. The van der Waals surface area contributed by atoms with Crippen molar-refractivity contribution in [1.29, 1.82) is 0 Å². The molecule has 3 N–H and O–H groups in total. The molecule has 1 aliphatic heterocycles. The van der Waals surface area contributed by atoms with E-state index in [1.807, 2.05) is 85.8 Å². The van der Waals surface area contributed by atoms with E-state index < -0.39 is 24.1 Å². The van der Waals surface area contributed by atoms with Gasteiger partial charge in [0.1, 0.15) is 31.0 Å². The second kappa shape index (κ2) is 16.1. The molecule has 2 bridgehead atoms. The first kappa shape index (κ1) is 32.1. The minimum absolute atomic E-state index is 0.0108. The number of benzene rings is 3. The highest BCUT2D eigenvalue weighted by molar-refractivity contribution is 5.91. The molecule has 1 aliphatic rings. The summed E-state index contributed by atoms with van der Waals surface area (Å²) < 4.78 is 11.2. The smallest absolute Gasteiger partial charge is 0.408 e. The molecule has 3 aromatic carbocycles. The summed E-state index contributed by atoms with van der Waals surface area (Å²) in [6.07, 6.45) is 0.0829. The number of carbonyl (C=O) groups excluding carboxylic acids is 4. The van der Waals surface area contributed by atoms with Crippen molar-refractivity contribution in [3.63, 3.8) is 0 Å². The van der Waals surface area contributed by atoms with Crippen molar-refractivity contribution in [2.75, 3.05) is 20.2 Å². The van der Waals surface area contributed by atoms with Gasteiger partial charge in [-0.1, -0.05) is 66.7 Å². The van der Waals surface area contributed by atoms with E-state index in [4.69, 9.17) is 9.47 Å². The van der Waals surface area contributed by atoms with E-state index >= 15 is 0 Å². The molecular formula is C34H40N4O6. The Labute approximate surface area is 258 Å².